The first-order valence-electron chi connectivity index (χ1n) is 6.31. The molecule has 0 amide bonds. The highest BCUT2D eigenvalue weighted by atomic mass is 35.5. The lowest BCUT2D eigenvalue weighted by atomic mass is 10.2. The summed E-state index contributed by atoms with van der Waals surface area (Å²) in [4.78, 5) is 14.9. The Morgan fingerprint density at radius 3 is 2.90 bits per heavy atom. The normalized spacial score (nSPS) is 10.4. The molecule has 6 nitrogen and oxygen atoms in total. The highest BCUT2D eigenvalue weighted by Gasteiger charge is 2.15. The van der Waals surface area contributed by atoms with Gasteiger partial charge in [0.25, 0.3) is 0 Å². The summed E-state index contributed by atoms with van der Waals surface area (Å²) in [7, 11) is 1.44. The molecule has 0 saturated carbocycles. The van der Waals surface area contributed by atoms with Crippen LogP contribution in [0.5, 0.6) is 11.5 Å². The zero-order valence-electron chi connectivity index (χ0n) is 11.5. The van der Waals surface area contributed by atoms with Crippen molar-refractivity contribution in [2.45, 2.75) is 13.0 Å². The minimum absolute atomic E-state index is 0.0580. The molecule has 0 unspecified atom stereocenters. The summed E-state index contributed by atoms with van der Waals surface area (Å²) in [6, 6.07) is 2.73. The molecule has 1 heterocycles. The number of hydrogen-bond donors (Lipinski definition) is 1. The van der Waals surface area contributed by atoms with Gasteiger partial charge in [0.1, 0.15) is 0 Å². The van der Waals surface area contributed by atoms with Gasteiger partial charge in [0.2, 0.25) is 0 Å². The third-order valence-electron chi connectivity index (χ3n) is 2.84. The Labute approximate surface area is 126 Å². The van der Waals surface area contributed by atoms with E-state index in [0.29, 0.717) is 18.1 Å². The maximum atomic E-state index is 11.0. The number of imidazole rings is 1. The molecule has 2 aromatic rings. The first kappa shape index (κ1) is 15.2. The molecule has 7 heteroatoms. The number of halogens is 1. The van der Waals surface area contributed by atoms with Gasteiger partial charge in [0.05, 0.1) is 30.6 Å². The number of nitrogens with zero attached hydrogens (tertiary/aromatic N) is 2. The van der Waals surface area contributed by atoms with Crippen LogP contribution in [-0.2, 0) is 6.54 Å². The van der Waals surface area contributed by atoms with E-state index in [-0.39, 0.29) is 10.6 Å². The molecule has 2 rings (SSSR count). The average Bonchev–Trinajstić information content (AvgIpc) is 2.97. The molecule has 0 radical (unpaired) electrons. The third kappa shape index (κ3) is 3.88. The van der Waals surface area contributed by atoms with E-state index in [0.717, 1.165) is 13.0 Å². The highest BCUT2D eigenvalue weighted by Crippen LogP contribution is 2.36. The Bertz CT molecular complexity index is 614. The lowest BCUT2D eigenvalue weighted by Gasteiger charge is -2.13. The topological polar surface area (TPSA) is 73.6 Å². The van der Waals surface area contributed by atoms with Crippen LogP contribution in [0.1, 0.15) is 16.8 Å². The number of aromatic nitrogens is 2. The molecule has 1 aromatic carbocycles. The number of aromatic carboxylic acids is 1. The molecule has 0 aliphatic heterocycles. The van der Waals surface area contributed by atoms with E-state index >= 15 is 0 Å². The summed E-state index contributed by atoms with van der Waals surface area (Å²) >= 11 is 6.05. The van der Waals surface area contributed by atoms with Gasteiger partial charge >= 0.3 is 5.97 Å². The van der Waals surface area contributed by atoms with E-state index in [1.165, 1.54) is 19.2 Å². The van der Waals surface area contributed by atoms with E-state index in [1.54, 1.807) is 12.5 Å². The molecule has 0 atom stereocenters. The van der Waals surface area contributed by atoms with Crippen molar-refractivity contribution in [2.24, 2.45) is 0 Å². The van der Waals surface area contributed by atoms with Crippen molar-refractivity contribution < 1.29 is 19.4 Å². The molecule has 0 fully saturated rings. The van der Waals surface area contributed by atoms with Gasteiger partial charge in [0, 0.05) is 18.9 Å². The third-order valence-corrected chi connectivity index (χ3v) is 3.12. The number of carbonyl (C=O) groups is 1. The average molecular weight is 311 g/mol. The molecule has 112 valence electrons. The van der Waals surface area contributed by atoms with Crippen LogP contribution in [0.4, 0.5) is 0 Å². The number of hydrogen-bond acceptors (Lipinski definition) is 4. The van der Waals surface area contributed by atoms with E-state index in [4.69, 9.17) is 26.2 Å². The summed E-state index contributed by atoms with van der Waals surface area (Å²) in [5.41, 5.74) is 0.0580. The minimum atomic E-state index is -1.07. The smallest absolute Gasteiger partial charge is 0.335 e. The minimum Gasteiger partial charge on any atom is -0.493 e. The van der Waals surface area contributed by atoms with Gasteiger partial charge in [0.15, 0.2) is 11.5 Å². The second-order valence-corrected chi connectivity index (χ2v) is 4.70. The van der Waals surface area contributed by atoms with Crippen molar-refractivity contribution in [1.29, 1.82) is 0 Å². The second kappa shape index (κ2) is 6.99. The molecular formula is C14H15ClN2O4. The van der Waals surface area contributed by atoms with Crippen LogP contribution in [0, 0.1) is 0 Å². The Balaban J connectivity index is 2.00. The summed E-state index contributed by atoms with van der Waals surface area (Å²) in [5, 5.41) is 9.19. The van der Waals surface area contributed by atoms with Gasteiger partial charge in [-0.2, -0.15) is 0 Å². The van der Waals surface area contributed by atoms with Crippen molar-refractivity contribution in [3.63, 3.8) is 0 Å². The van der Waals surface area contributed by atoms with E-state index < -0.39 is 5.97 Å². The largest absolute Gasteiger partial charge is 0.493 e. The van der Waals surface area contributed by atoms with Crippen LogP contribution in [0.25, 0.3) is 0 Å². The second-order valence-electron chi connectivity index (χ2n) is 4.30. The molecule has 1 N–H and O–H groups in total. The van der Waals surface area contributed by atoms with Crippen molar-refractivity contribution in [3.8, 4) is 11.5 Å². The predicted octanol–water partition coefficient (Wildman–Crippen LogP) is 2.71. The van der Waals surface area contributed by atoms with Crippen molar-refractivity contribution >= 4 is 17.6 Å². The Morgan fingerprint density at radius 2 is 2.29 bits per heavy atom. The molecular weight excluding hydrogens is 296 g/mol. The first-order valence-corrected chi connectivity index (χ1v) is 6.69. The lowest BCUT2D eigenvalue weighted by molar-refractivity contribution is 0.0696. The molecule has 0 bridgehead atoms. The van der Waals surface area contributed by atoms with Crippen LogP contribution in [0.3, 0.4) is 0 Å². The monoisotopic (exact) mass is 310 g/mol. The maximum absolute atomic E-state index is 11.0. The maximum Gasteiger partial charge on any atom is 0.335 e. The van der Waals surface area contributed by atoms with Gasteiger partial charge in [-0.15, -0.1) is 0 Å². The molecule has 1 aromatic heterocycles. The number of carboxylic acids is 1. The fourth-order valence-electron chi connectivity index (χ4n) is 1.82. The summed E-state index contributed by atoms with van der Waals surface area (Å²) in [6.45, 7) is 1.20. The van der Waals surface area contributed by atoms with E-state index in [2.05, 4.69) is 4.98 Å². The van der Waals surface area contributed by atoms with Crippen LogP contribution < -0.4 is 9.47 Å². The van der Waals surface area contributed by atoms with Crippen molar-refractivity contribution in [2.75, 3.05) is 13.7 Å². The summed E-state index contributed by atoms with van der Waals surface area (Å²) in [5.74, 6) is -0.404. The zero-order valence-corrected chi connectivity index (χ0v) is 12.2. The number of benzene rings is 1. The Kier molecular flexibility index (Phi) is 5.05. The standard InChI is InChI=1S/C14H15ClN2O4/c1-20-12-8-10(14(18)19)7-11(15)13(12)21-6-2-4-17-5-3-16-9-17/h3,5,7-9H,2,4,6H2,1H3,(H,18,19). The summed E-state index contributed by atoms with van der Waals surface area (Å²) < 4.78 is 12.7. The molecule has 21 heavy (non-hydrogen) atoms. The van der Waals surface area contributed by atoms with Crippen molar-refractivity contribution in [1.82, 2.24) is 9.55 Å². The molecule has 0 saturated heterocycles. The molecule has 0 aliphatic rings. The van der Waals surface area contributed by atoms with Gasteiger partial charge in [-0.25, -0.2) is 9.78 Å². The van der Waals surface area contributed by atoms with Crippen LogP contribution in [0.2, 0.25) is 5.02 Å². The highest BCUT2D eigenvalue weighted by molar-refractivity contribution is 6.32. The van der Waals surface area contributed by atoms with Gasteiger partial charge in [-0.1, -0.05) is 11.6 Å². The van der Waals surface area contributed by atoms with Crippen LogP contribution >= 0.6 is 11.6 Å². The van der Waals surface area contributed by atoms with Crippen LogP contribution in [0.15, 0.2) is 30.9 Å². The predicted molar refractivity (Wildman–Crippen MR) is 77.3 cm³/mol. The van der Waals surface area contributed by atoms with Crippen molar-refractivity contribution in [3.05, 3.63) is 41.4 Å². The fourth-order valence-corrected chi connectivity index (χ4v) is 2.09. The lowest BCUT2D eigenvalue weighted by Crippen LogP contribution is -2.05. The van der Waals surface area contributed by atoms with Gasteiger partial charge in [-0.3, -0.25) is 0 Å². The SMILES string of the molecule is COc1cc(C(=O)O)cc(Cl)c1OCCCn1ccnc1. The Morgan fingerprint density at radius 1 is 1.48 bits per heavy atom. The van der Waals surface area contributed by atoms with Gasteiger partial charge in [-0.05, 0) is 18.6 Å². The van der Waals surface area contributed by atoms with E-state index in [9.17, 15) is 4.79 Å². The first-order chi connectivity index (χ1) is 10.1. The van der Waals surface area contributed by atoms with Crippen LogP contribution in [-0.4, -0.2) is 34.3 Å². The number of rotatable bonds is 7. The fraction of sp³-hybridized carbons (Fsp3) is 0.286. The van der Waals surface area contributed by atoms with Gasteiger partial charge < -0.3 is 19.1 Å². The number of carboxylic acid groups (broad SMARTS) is 1. The van der Waals surface area contributed by atoms with E-state index in [1.807, 2.05) is 10.8 Å². The molecule has 0 aliphatic carbocycles. The summed E-state index contributed by atoms with van der Waals surface area (Å²) in [6.07, 6.45) is 6.08. The zero-order chi connectivity index (χ0) is 15.2. The quantitative estimate of drug-likeness (QED) is 0.796. The number of methoxy groups -OCH3 is 1. The number of aryl methyl sites for hydroxylation is 1. The number of ether oxygens (including phenoxy) is 2. The molecule has 0 spiro atoms. The Hall–Kier alpha value is -2.21.